The fourth-order valence-corrected chi connectivity index (χ4v) is 3.04. The summed E-state index contributed by atoms with van der Waals surface area (Å²) in [6, 6.07) is 0.368. The largest absolute Gasteiger partial charge is 0.434 e. The van der Waals surface area contributed by atoms with Crippen molar-refractivity contribution in [2.45, 2.75) is 64.2 Å². The summed E-state index contributed by atoms with van der Waals surface area (Å²) < 4.78 is 7.91. The normalized spacial score (nSPS) is 21.7. The first-order valence-corrected chi connectivity index (χ1v) is 6.99. The molecule has 4 heteroatoms. The van der Waals surface area contributed by atoms with Gasteiger partial charge < -0.3 is 8.98 Å². The van der Waals surface area contributed by atoms with Crippen LogP contribution in [-0.4, -0.2) is 12.4 Å². The molecule has 1 aliphatic rings. The van der Waals surface area contributed by atoms with Crippen molar-refractivity contribution in [3.8, 4) is 0 Å². The molecular weight excluding hydrogens is 229 g/mol. The summed E-state index contributed by atoms with van der Waals surface area (Å²) in [4.78, 5) is 0.609. The quantitative estimate of drug-likeness (QED) is 0.553. The van der Waals surface area contributed by atoms with E-state index in [-0.39, 0.29) is 5.82 Å². The van der Waals surface area contributed by atoms with Crippen molar-refractivity contribution in [3.05, 3.63) is 16.3 Å². The molecule has 1 atom stereocenters. The van der Waals surface area contributed by atoms with Gasteiger partial charge in [-0.25, -0.2) is 0 Å². The Morgan fingerprint density at radius 2 is 2.12 bits per heavy atom. The molecule has 0 amide bonds. The highest BCUT2D eigenvalue weighted by molar-refractivity contribution is 7.71. The number of oxazole rings is 1. The second-order valence-electron chi connectivity index (χ2n) is 5.27. The Morgan fingerprint density at radius 1 is 1.35 bits per heavy atom. The van der Waals surface area contributed by atoms with Crippen LogP contribution in [0.3, 0.4) is 0 Å². The molecule has 2 nitrogen and oxygen atoms in total. The molecule has 0 aromatic carbocycles. The molecule has 0 aliphatic heterocycles. The maximum Gasteiger partial charge on any atom is 0.269 e. The van der Waals surface area contributed by atoms with Crippen LogP contribution in [0.5, 0.6) is 0 Å². The van der Waals surface area contributed by atoms with E-state index >= 15 is 0 Å². The highest BCUT2D eigenvalue weighted by atomic mass is 32.1. The average molecular weight is 249 g/mol. The number of hydrogen-bond donors (Lipinski definition) is 0. The summed E-state index contributed by atoms with van der Waals surface area (Å²) in [5, 5.41) is 0. The zero-order valence-electron chi connectivity index (χ0n) is 10.7. The van der Waals surface area contributed by atoms with Crippen molar-refractivity contribution < 1.29 is 4.42 Å². The minimum Gasteiger partial charge on any atom is -0.434 e. The summed E-state index contributed by atoms with van der Waals surface area (Å²) in [6.45, 7) is 4.30. The SMILES string of the molecule is [B]C1CCCCCc2c(oc(=S)n2C(C)C)C1. The smallest absolute Gasteiger partial charge is 0.269 e. The summed E-state index contributed by atoms with van der Waals surface area (Å²) in [5.41, 5.74) is 1.28. The minimum absolute atomic E-state index is 0.216. The van der Waals surface area contributed by atoms with Gasteiger partial charge in [0.05, 0.1) is 13.5 Å². The number of rotatable bonds is 1. The number of fused-ring (bicyclic) bond motifs is 1. The zero-order valence-corrected chi connectivity index (χ0v) is 11.6. The van der Waals surface area contributed by atoms with Crippen LogP contribution in [0.2, 0.25) is 5.82 Å². The fourth-order valence-electron chi connectivity index (χ4n) is 2.62. The third-order valence-electron chi connectivity index (χ3n) is 3.47. The third-order valence-corrected chi connectivity index (χ3v) is 3.75. The first-order chi connectivity index (χ1) is 8.09. The maximum atomic E-state index is 6.12. The first-order valence-electron chi connectivity index (χ1n) is 6.58. The molecule has 2 rings (SSSR count). The van der Waals surface area contributed by atoms with Crippen molar-refractivity contribution in [1.29, 1.82) is 0 Å². The van der Waals surface area contributed by atoms with Crippen molar-refractivity contribution in [2.24, 2.45) is 0 Å². The standard InChI is InChI=1S/C13H20BNOS/c1-9(2)15-11-7-5-3-4-6-10(14)8-12(11)16-13(15)17/h9-10H,3-8H2,1-2H3. The van der Waals surface area contributed by atoms with Gasteiger partial charge in [0.25, 0.3) is 4.84 Å². The Kier molecular flexibility index (Phi) is 4.13. The molecule has 0 saturated carbocycles. The summed E-state index contributed by atoms with van der Waals surface area (Å²) in [5.74, 6) is 1.24. The Bertz CT molecular complexity index is 435. The van der Waals surface area contributed by atoms with Crippen LogP contribution in [0.25, 0.3) is 0 Å². The van der Waals surface area contributed by atoms with E-state index in [1.807, 2.05) is 0 Å². The second kappa shape index (κ2) is 5.43. The molecule has 0 saturated heterocycles. The van der Waals surface area contributed by atoms with Crippen LogP contribution < -0.4 is 0 Å². The van der Waals surface area contributed by atoms with Gasteiger partial charge in [-0.2, -0.15) is 0 Å². The van der Waals surface area contributed by atoms with Crippen LogP contribution in [-0.2, 0) is 12.8 Å². The van der Waals surface area contributed by atoms with Crippen molar-refractivity contribution in [3.63, 3.8) is 0 Å². The second-order valence-corrected chi connectivity index (χ2v) is 5.61. The molecule has 1 aromatic heterocycles. The lowest BCUT2D eigenvalue weighted by molar-refractivity contribution is 0.449. The maximum absolute atomic E-state index is 6.12. The zero-order chi connectivity index (χ0) is 12.4. The lowest BCUT2D eigenvalue weighted by Crippen LogP contribution is -2.07. The van der Waals surface area contributed by atoms with E-state index in [9.17, 15) is 0 Å². The summed E-state index contributed by atoms with van der Waals surface area (Å²) in [6.07, 6.45) is 6.69. The lowest BCUT2D eigenvalue weighted by atomic mass is 9.80. The van der Waals surface area contributed by atoms with Crippen LogP contribution in [0, 0.1) is 4.84 Å². The van der Waals surface area contributed by atoms with Gasteiger partial charge in [0.1, 0.15) is 5.76 Å². The predicted octanol–water partition coefficient (Wildman–Crippen LogP) is 4.01. The molecule has 92 valence electrons. The van der Waals surface area contributed by atoms with Crippen molar-refractivity contribution >= 4 is 20.1 Å². The van der Waals surface area contributed by atoms with Gasteiger partial charge in [0.2, 0.25) is 0 Å². The van der Waals surface area contributed by atoms with Gasteiger partial charge in [-0.05, 0) is 38.9 Å². The van der Waals surface area contributed by atoms with Crippen LogP contribution in [0.1, 0.15) is 57.0 Å². The number of aromatic nitrogens is 1. The Labute approximate surface area is 110 Å². The van der Waals surface area contributed by atoms with Crippen molar-refractivity contribution in [2.75, 3.05) is 0 Å². The predicted molar refractivity (Wildman–Crippen MR) is 73.3 cm³/mol. The molecule has 0 fully saturated rings. The minimum atomic E-state index is 0.216. The van der Waals surface area contributed by atoms with Crippen LogP contribution in [0.4, 0.5) is 0 Å². The van der Waals surface area contributed by atoms with E-state index in [2.05, 4.69) is 18.4 Å². The van der Waals surface area contributed by atoms with Gasteiger partial charge >= 0.3 is 0 Å². The monoisotopic (exact) mass is 249 g/mol. The van der Waals surface area contributed by atoms with E-state index in [4.69, 9.17) is 24.5 Å². The van der Waals surface area contributed by atoms with E-state index in [0.29, 0.717) is 10.9 Å². The molecule has 1 aromatic rings. The van der Waals surface area contributed by atoms with Gasteiger partial charge in [-0.15, -0.1) is 0 Å². The summed E-state index contributed by atoms with van der Waals surface area (Å²) >= 11 is 5.31. The van der Waals surface area contributed by atoms with E-state index in [1.54, 1.807) is 0 Å². The Balaban J connectivity index is 2.40. The highest BCUT2D eigenvalue weighted by Crippen LogP contribution is 2.28. The first kappa shape index (κ1) is 12.9. The lowest BCUT2D eigenvalue weighted by Gasteiger charge is -2.11. The van der Waals surface area contributed by atoms with Gasteiger partial charge in [-0.3, -0.25) is 0 Å². The molecule has 0 spiro atoms. The third kappa shape index (κ3) is 2.84. The fraction of sp³-hybridized carbons (Fsp3) is 0.769. The number of hydrogen-bond acceptors (Lipinski definition) is 2. The van der Waals surface area contributed by atoms with Crippen LogP contribution in [0.15, 0.2) is 4.42 Å². The molecule has 17 heavy (non-hydrogen) atoms. The number of nitrogens with zero attached hydrogens (tertiary/aromatic N) is 1. The molecule has 0 bridgehead atoms. The van der Waals surface area contributed by atoms with E-state index < -0.39 is 0 Å². The Morgan fingerprint density at radius 3 is 2.82 bits per heavy atom. The molecule has 2 radical (unpaired) electrons. The molecule has 1 heterocycles. The Hall–Kier alpha value is -0.505. The highest BCUT2D eigenvalue weighted by Gasteiger charge is 2.19. The molecule has 1 aliphatic carbocycles. The van der Waals surface area contributed by atoms with E-state index in [0.717, 1.165) is 25.0 Å². The van der Waals surface area contributed by atoms with Gasteiger partial charge in [0.15, 0.2) is 0 Å². The molecular formula is C13H20BNOS. The van der Waals surface area contributed by atoms with Crippen LogP contribution >= 0.6 is 12.2 Å². The molecule has 0 N–H and O–H groups in total. The van der Waals surface area contributed by atoms with Gasteiger partial charge in [-0.1, -0.05) is 25.1 Å². The molecule has 1 unspecified atom stereocenters. The topological polar surface area (TPSA) is 18.1 Å². The average Bonchev–Trinajstić information content (AvgIpc) is 2.56. The summed E-state index contributed by atoms with van der Waals surface area (Å²) in [7, 11) is 6.12. The van der Waals surface area contributed by atoms with E-state index in [1.165, 1.54) is 25.0 Å². The van der Waals surface area contributed by atoms with Crippen molar-refractivity contribution in [1.82, 2.24) is 4.57 Å². The van der Waals surface area contributed by atoms with Gasteiger partial charge in [0, 0.05) is 12.5 Å².